The lowest BCUT2D eigenvalue weighted by Gasteiger charge is -2.27. The Balaban J connectivity index is 1.66. The summed E-state index contributed by atoms with van der Waals surface area (Å²) in [6, 6.07) is 14.9. The van der Waals surface area contributed by atoms with E-state index in [1.54, 1.807) is 12.1 Å². The van der Waals surface area contributed by atoms with E-state index in [4.69, 9.17) is 9.88 Å². The van der Waals surface area contributed by atoms with Crippen molar-refractivity contribution >= 4 is 16.0 Å². The summed E-state index contributed by atoms with van der Waals surface area (Å²) in [6.45, 7) is 8.07. The summed E-state index contributed by atoms with van der Waals surface area (Å²) < 4.78 is 28.6. The molecule has 9 heteroatoms. The van der Waals surface area contributed by atoms with E-state index in [-0.39, 0.29) is 4.90 Å². The standard InChI is InChI=1S/C22H31N5O3S/c1-2-24-22(25-15-18-6-5-9-21(14-18)31(23,28)29)26-16-19-7-3-4-8-20(19)17-27-10-12-30-13-11-27/h3-9,14H,2,10-13,15-17H2,1H3,(H2,23,28,29)(H2,24,25,26). The fourth-order valence-corrected chi connectivity index (χ4v) is 3.98. The predicted molar refractivity (Wildman–Crippen MR) is 122 cm³/mol. The molecule has 0 amide bonds. The molecule has 168 valence electrons. The van der Waals surface area contributed by atoms with Crippen LogP contribution in [0.1, 0.15) is 23.6 Å². The summed E-state index contributed by atoms with van der Waals surface area (Å²) in [5, 5.41) is 11.8. The Labute approximate surface area is 184 Å². The Hall–Kier alpha value is -2.46. The largest absolute Gasteiger partial charge is 0.379 e. The van der Waals surface area contributed by atoms with E-state index in [1.165, 1.54) is 17.2 Å². The van der Waals surface area contributed by atoms with Gasteiger partial charge in [-0.05, 0) is 35.7 Å². The molecule has 4 N–H and O–H groups in total. The van der Waals surface area contributed by atoms with Gasteiger partial charge in [-0.25, -0.2) is 18.5 Å². The summed E-state index contributed by atoms with van der Waals surface area (Å²) in [7, 11) is -3.73. The fourth-order valence-electron chi connectivity index (χ4n) is 3.40. The lowest BCUT2D eigenvalue weighted by atomic mass is 10.1. The third-order valence-electron chi connectivity index (χ3n) is 5.05. The average molecular weight is 446 g/mol. The van der Waals surface area contributed by atoms with Gasteiger partial charge in [-0.15, -0.1) is 0 Å². The van der Waals surface area contributed by atoms with Crippen molar-refractivity contribution in [2.45, 2.75) is 31.5 Å². The number of nitrogens with one attached hydrogen (secondary N) is 2. The Kier molecular flexibility index (Phi) is 8.42. The van der Waals surface area contributed by atoms with Gasteiger partial charge in [0.15, 0.2) is 5.96 Å². The van der Waals surface area contributed by atoms with Crippen LogP contribution in [0.15, 0.2) is 58.4 Å². The highest BCUT2D eigenvalue weighted by Gasteiger charge is 2.13. The van der Waals surface area contributed by atoms with Gasteiger partial charge in [-0.2, -0.15) is 0 Å². The van der Waals surface area contributed by atoms with Crippen LogP contribution in [-0.2, 0) is 34.4 Å². The number of benzene rings is 2. The number of morpholine rings is 1. The third-order valence-corrected chi connectivity index (χ3v) is 5.96. The monoisotopic (exact) mass is 445 g/mol. The number of ether oxygens (including phenoxy) is 1. The van der Waals surface area contributed by atoms with Crippen LogP contribution in [0.3, 0.4) is 0 Å². The van der Waals surface area contributed by atoms with Gasteiger partial charge >= 0.3 is 0 Å². The molecule has 0 aliphatic carbocycles. The third kappa shape index (κ3) is 7.32. The van der Waals surface area contributed by atoms with Gasteiger partial charge in [-0.3, -0.25) is 4.90 Å². The van der Waals surface area contributed by atoms with E-state index in [0.29, 0.717) is 19.0 Å². The molecular weight excluding hydrogens is 414 g/mol. The highest BCUT2D eigenvalue weighted by Crippen LogP contribution is 2.13. The van der Waals surface area contributed by atoms with Gasteiger partial charge in [0, 0.05) is 32.7 Å². The molecule has 0 radical (unpaired) electrons. The highest BCUT2D eigenvalue weighted by molar-refractivity contribution is 7.89. The summed E-state index contributed by atoms with van der Waals surface area (Å²) in [4.78, 5) is 7.09. The van der Waals surface area contributed by atoms with Crippen molar-refractivity contribution in [3.8, 4) is 0 Å². The first-order valence-electron chi connectivity index (χ1n) is 10.5. The van der Waals surface area contributed by atoms with Crippen molar-refractivity contribution < 1.29 is 13.2 Å². The van der Waals surface area contributed by atoms with Crippen molar-refractivity contribution in [2.24, 2.45) is 10.1 Å². The lowest BCUT2D eigenvalue weighted by Crippen LogP contribution is -2.38. The molecule has 2 aromatic carbocycles. The number of hydrogen-bond donors (Lipinski definition) is 3. The van der Waals surface area contributed by atoms with Crippen LogP contribution in [0.5, 0.6) is 0 Å². The molecule has 0 atom stereocenters. The van der Waals surface area contributed by atoms with Crippen LogP contribution >= 0.6 is 0 Å². The van der Waals surface area contributed by atoms with Gasteiger partial charge in [0.25, 0.3) is 0 Å². The first kappa shape index (κ1) is 23.2. The minimum atomic E-state index is -3.73. The van der Waals surface area contributed by atoms with Crippen molar-refractivity contribution in [2.75, 3.05) is 32.8 Å². The number of rotatable bonds is 8. The van der Waals surface area contributed by atoms with E-state index < -0.39 is 10.0 Å². The van der Waals surface area contributed by atoms with Crippen LogP contribution in [0.4, 0.5) is 0 Å². The number of guanidine groups is 1. The topological polar surface area (TPSA) is 109 Å². The molecule has 0 aromatic heterocycles. The maximum absolute atomic E-state index is 11.6. The zero-order chi connectivity index (χ0) is 22.1. The molecule has 2 aromatic rings. The van der Waals surface area contributed by atoms with Gasteiger partial charge in [0.1, 0.15) is 0 Å². The molecule has 3 rings (SSSR count). The smallest absolute Gasteiger partial charge is 0.238 e. The average Bonchev–Trinajstić information content (AvgIpc) is 2.77. The van der Waals surface area contributed by atoms with E-state index >= 15 is 0 Å². The minimum absolute atomic E-state index is 0.0928. The Bertz CT molecular complexity index is 988. The second-order valence-electron chi connectivity index (χ2n) is 7.40. The van der Waals surface area contributed by atoms with Crippen LogP contribution in [-0.4, -0.2) is 52.1 Å². The highest BCUT2D eigenvalue weighted by atomic mass is 32.2. The van der Waals surface area contributed by atoms with Gasteiger partial charge < -0.3 is 15.4 Å². The Morgan fingerprint density at radius 2 is 1.84 bits per heavy atom. The number of aliphatic imine (C=N–C) groups is 1. The maximum atomic E-state index is 11.6. The maximum Gasteiger partial charge on any atom is 0.238 e. The molecule has 0 saturated carbocycles. The normalized spacial score (nSPS) is 15.6. The number of hydrogen-bond acceptors (Lipinski definition) is 5. The summed E-state index contributed by atoms with van der Waals surface area (Å²) in [5.41, 5.74) is 3.28. The summed E-state index contributed by atoms with van der Waals surface area (Å²) in [6.07, 6.45) is 0. The van der Waals surface area contributed by atoms with Crippen molar-refractivity contribution in [3.63, 3.8) is 0 Å². The minimum Gasteiger partial charge on any atom is -0.379 e. The molecule has 0 spiro atoms. The number of sulfonamides is 1. The second kappa shape index (κ2) is 11.2. The molecular formula is C22H31N5O3S. The quantitative estimate of drug-likeness (QED) is 0.419. The fraction of sp³-hybridized carbons (Fsp3) is 0.409. The molecule has 8 nitrogen and oxygen atoms in total. The Morgan fingerprint density at radius 1 is 1.10 bits per heavy atom. The zero-order valence-corrected chi connectivity index (χ0v) is 18.7. The molecule has 0 bridgehead atoms. The summed E-state index contributed by atoms with van der Waals surface area (Å²) >= 11 is 0. The zero-order valence-electron chi connectivity index (χ0n) is 17.9. The van der Waals surface area contributed by atoms with Gasteiger partial charge in [0.05, 0.1) is 24.7 Å². The van der Waals surface area contributed by atoms with E-state index in [9.17, 15) is 8.42 Å². The number of primary sulfonamides is 1. The predicted octanol–water partition coefficient (Wildman–Crippen LogP) is 1.42. The van der Waals surface area contributed by atoms with Gasteiger partial charge in [-0.1, -0.05) is 36.4 Å². The van der Waals surface area contributed by atoms with Crippen LogP contribution in [0.2, 0.25) is 0 Å². The number of nitrogens with two attached hydrogens (primary N) is 1. The molecule has 1 heterocycles. The number of nitrogens with zero attached hydrogens (tertiary/aromatic N) is 2. The van der Waals surface area contributed by atoms with E-state index in [1.807, 2.05) is 19.1 Å². The van der Waals surface area contributed by atoms with Crippen molar-refractivity contribution in [3.05, 3.63) is 65.2 Å². The van der Waals surface area contributed by atoms with Gasteiger partial charge in [0.2, 0.25) is 10.0 Å². The Morgan fingerprint density at radius 3 is 2.55 bits per heavy atom. The van der Waals surface area contributed by atoms with E-state index in [2.05, 4.69) is 38.7 Å². The van der Waals surface area contributed by atoms with Crippen LogP contribution in [0.25, 0.3) is 0 Å². The van der Waals surface area contributed by atoms with Crippen molar-refractivity contribution in [1.29, 1.82) is 0 Å². The molecule has 0 unspecified atom stereocenters. The molecule has 1 fully saturated rings. The molecule has 31 heavy (non-hydrogen) atoms. The SMILES string of the molecule is CCNC(=NCc1cccc(S(N)(=O)=O)c1)NCc1ccccc1CN1CCOCC1. The first-order valence-corrected chi connectivity index (χ1v) is 12.0. The molecule has 1 aliphatic rings. The molecule has 1 saturated heterocycles. The van der Waals surface area contributed by atoms with Crippen molar-refractivity contribution in [1.82, 2.24) is 15.5 Å². The van der Waals surface area contributed by atoms with Crippen LogP contribution in [0, 0.1) is 0 Å². The van der Waals surface area contributed by atoms with E-state index in [0.717, 1.165) is 45.0 Å². The second-order valence-corrected chi connectivity index (χ2v) is 8.96. The summed E-state index contributed by atoms with van der Waals surface area (Å²) in [5.74, 6) is 0.671. The van der Waals surface area contributed by atoms with Crippen LogP contribution < -0.4 is 15.8 Å². The first-order chi connectivity index (χ1) is 15.0. The molecule has 1 aliphatic heterocycles. The lowest BCUT2D eigenvalue weighted by molar-refractivity contribution is 0.0341.